The molecule has 0 aromatic heterocycles. The van der Waals surface area contributed by atoms with Gasteiger partial charge in [0.1, 0.15) is 11.8 Å². The van der Waals surface area contributed by atoms with Crippen molar-refractivity contribution in [1.29, 1.82) is 0 Å². The predicted octanol–water partition coefficient (Wildman–Crippen LogP) is 2.50. The van der Waals surface area contributed by atoms with Gasteiger partial charge in [0.2, 0.25) is 0 Å². The van der Waals surface area contributed by atoms with Gasteiger partial charge in [0.25, 0.3) is 0 Å². The smallest absolute Gasteiger partial charge is 0.143 e. The highest BCUT2D eigenvalue weighted by Crippen LogP contribution is 2.64. The summed E-state index contributed by atoms with van der Waals surface area (Å²) >= 11 is 0. The fourth-order valence-electron chi connectivity index (χ4n) is 3.50. The number of alkyl halides is 2. The molecule has 0 nitrogen and oxygen atoms in total. The molecule has 6 atom stereocenters. The third-order valence-electron chi connectivity index (χ3n) is 4.05. The zero-order valence-corrected chi connectivity index (χ0v) is 7.00. The number of hydrogen-bond donors (Lipinski definition) is 0. The molecule has 6 unspecified atom stereocenters. The van der Waals surface area contributed by atoms with Crippen molar-refractivity contribution in [2.75, 3.05) is 0 Å². The van der Waals surface area contributed by atoms with Crippen LogP contribution in [0.3, 0.4) is 0 Å². The van der Waals surface area contributed by atoms with Gasteiger partial charge in [0, 0.05) is 11.8 Å². The van der Waals surface area contributed by atoms with E-state index in [2.05, 4.69) is 12.2 Å². The first kappa shape index (κ1) is 7.05. The molecule has 0 N–H and O–H groups in total. The second-order valence-electron chi connectivity index (χ2n) is 4.60. The molecule has 0 radical (unpaired) electrons. The fraction of sp³-hybridized carbons (Fsp3) is 0.800. The lowest BCUT2D eigenvalue weighted by Gasteiger charge is -2.51. The summed E-state index contributed by atoms with van der Waals surface area (Å²) in [7, 11) is 0. The molecule has 2 fully saturated rings. The monoisotopic (exact) mass is 170 g/mol. The molecule has 0 aromatic rings. The highest BCUT2D eigenvalue weighted by atomic mass is 19.2. The zero-order chi connectivity index (χ0) is 8.51. The van der Waals surface area contributed by atoms with Crippen LogP contribution in [0.4, 0.5) is 8.78 Å². The largest absolute Gasteiger partial charge is 0.244 e. The first-order chi connectivity index (χ1) is 5.62. The Kier molecular flexibility index (Phi) is 1.03. The lowest BCUT2D eigenvalue weighted by Crippen LogP contribution is -2.61. The van der Waals surface area contributed by atoms with Crippen LogP contribution in [0.25, 0.3) is 0 Å². The quantitative estimate of drug-likeness (QED) is 0.490. The van der Waals surface area contributed by atoms with Crippen LogP contribution in [0.2, 0.25) is 0 Å². The summed E-state index contributed by atoms with van der Waals surface area (Å²) < 4.78 is 26.9. The van der Waals surface area contributed by atoms with Crippen molar-refractivity contribution in [3.8, 4) is 0 Å². The second-order valence-corrected chi connectivity index (χ2v) is 4.60. The minimum atomic E-state index is -1.53. The number of hydrogen-bond acceptors (Lipinski definition) is 0. The summed E-state index contributed by atoms with van der Waals surface area (Å²) in [6.07, 6.45) is 3.95. The first-order valence-corrected chi connectivity index (χ1v) is 4.63. The molecule has 12 heavy (non-hydrogen) atoms. The number of rotatable bonds is 0. The van der Waals surface area contributed by atoms with Crippen LogP contribution in [-0.2, 0) is 0 Å². The minimum Gasteiger partial charge on any atom is -0.244 e. The second kappa shape index (κ2) is 1.75. The summed E-state index contributed by atoms with van der Waals surface area (Å²) in [4.78, 5) is 0. The molecule has 2 saturated carbocycles. The third kappa shape index (κ3) is 0.530. The van der Waals surface area contributed by atoms with Crippen LogP contribution in [-0.4, -0.2) is 11.8 Å². The van der Waals surface area contributed by atoms with Crippen LogP contribution in [0.5, 0.6) is 0 Å². The van der Waals surface area contributed by atoms with Gasteiger partial charge in [-0.25, -0.2) is 8.78 Å². The van der Waals surface area contributed by atoms with E-state index < -0.39 is 11.8 Å². The lowest BCUT2D eigenvalue weighted by atomic mass is 9.57. The Labute approximate surface area is 70.6 Å². The number of fused-ring (bicyclic) bond motifs is 5. The molecule has 0 spiro atoms. The molecule has 0 saturated heterocycles. The molecule has 3 aliphatic rings. The van der Waals surface area contributed by atoms with E-state index >= 15 is 0 Å². The molecular formula is C10H12F2. The van der Waals surface area contributed by atoms with E-state index in [0.29, 0.717) is 11.8 Å². The van der Waals surface area contributed by atoms with E-state index in [9.17, 15) is 8.78 Å². The molecule has 0 amide bonds. The molecular weight excluding hydrogens is 158 g/mol. The molecule has 3 rings (SSSR count). The van der Waals surface area contributed by atoms with Crippen molar-refractivity contribution < 1.29 is 8.78 Å². The van der Waals surface area contributed by atoms with Crippen LogP contribution in [0.15, 0.2) is 12.2 Å². The van der Waals surface area contributed by atoms with Crippen molar-refractivity contribution in [3.05, 3.63) is 12.2 Å². The van der Waals surface area contributed by atoms with Gasteiger partial charge in [-0.2, -0.15) is 0 Å². The van der Waals surface area contributed by atoms with Gasteiger partial charge in [-0.3, -0.25) is 0 Å². The highest BCUT2D eigenvalue weighted by Gasteiger charge is 2.69. The van der Waals surface area contributed by atoms with Crippen molar-refractivity contribution in [1.82, 2.24) is 0 Å². The normalized spacial score (nSPS) is 66.4. The van der Waals surface area contributed by atoms with Gasteiger partial charge >= 0.3 is 0 Å². The lowest BCUT2D eigenvalue weighted by molar-refractivity contribution is -0.147. The maximum Gasteiger partial charge on any atom is 0.143 e. The van der Waals surface area contributed by atoms with Gasteiger partial charge in [0.05, 0.1) is 0 Å². The summed E-state index contributed by atoms with van der Waals surface area (Å²) in [6, 6.07) is 0. The van der Waals surface area contributed by atoms with Gasteiger partial charge in [0.15, 0.2) is 0 Å². The Morgan fingerprint density at radius 1 is 1.33 bits per heavy atom. The standard InChI is InChI=1S/C10H12F2/c1-10(12)8-6-3-2-5(4-6)7(8)9(10)11/h2-3,5-9H,4H2,1H3. The fourth-order valence-corrected chi connectivity index (χ4v) is 3.50. The average Bonchev–Trinajstić information content (AvgIpc) is 2.59. The summed E-state index contributed by atoms with van der Waals surface area (Å²) in [5.41, 5.74) is -1.53. The minimum absolute atomic E-state index is 0.00926. The maximum atomic E-state index is 13.6. The van der Waals surface area contributed by atoms with Gasteiger partial charge in [-0.15, -0.1) is 0 Å². The summed E-state index contributed by atoms with van der Waals surface area (Å²) in [5, 5.41) is 0. The molecule has 66 valence electrons. The molecule has 0 heterocycles. The Bertz CT molecular complexity index is 257. The Morgan fingerprint density at radius 3 is 2.67 bits per heavy atom. The van der Waals surface area contributed by atoms with E-state index in [-0.39, 0.29) is 11.8 Å². The van der Waals surface area contributed by atoms with Crippen molar-refractivity contribution in [2.45, 2.75) is 25.2 Å². The van der Waals surface area contributed by atoms with E-state index in [1.165, 1.54) is 6.92 Å². The Balaban J connectivity index is 1.99. The van der Waals surface area contributed by atoms with E-state index in [0.717, 1.165) is 6.42 Å². The van der Waals surface area contributed by atoms with E-state index in [4.69, 9.17) is 0 Å². The zero-order valence-electron chi connectivity index (χ0n) is 7.00. The number of halogens is 2. The van der Waals surface area contributed by atoms with Crippen molar-refractivity contribution in [3.63, 3.8) is 0 Å². The Morgan fingerprint density at radius 2 is 2.00 bits per heavy atom. The van der Waals surface area contributed by atoms with E-state index in [1.54, 1.807) is 0 Å². The molecule has 3 aliphatic carbocycles. The predicted molar refractivity (Wildman–Crippen MR) is 42.1 cm³/mol. The van der Waals surface area contributed by atoms with Crippen LogP contribution >= 0.6 is 0 Å². The van der Waals surface area contributed by atoms with Gasteiger partial charge in [-0.05, 0) is 25.2 Å². The Hall–Kier alpha value is -0.400. The molecule has 0 aromatic carbocycles. The van der Waals surface area contributed by atoms with Crippen molar-refractivity contribution in [2.24, 2.45) is 23.7 Å². The summed E-state index contributed by atoms with van der Waals surface area (Å²) in [5.74, 6) is 0.679. The van der Waals surface area contributed by atoms with Crippen molar-refractivity contribution >= 4 is 0 Å². The first-order valence-electron chi connectivity index (χ1n) is 4.63. The number of allylic oxidation sites excluding steroid dienone is 2. The third-order valence-corrected chi connectivity index (χ3v) is 4.05. The SMILES string of the molecule is CC1(F)C(F)C2C3C=CC(C3)C21. The summed E-state index contributed by atoms with van der Waals surface area (Å²) in [6.45, 7) is 1.42. The topological polar surface area (TPSA) is 0 Å². The molecule has 2 bridgehead atoms. The molecule has 2 heteroatoms. The van der Waals surface area contributed by atoms with Crippen LogP contribution in [0.1, 0.15) is 13.3 Å². The van der Waals surface area contributed by atoms with E-state index in [1.807, 2.05) is 0 Å². The molecule has 0 aliphatic heterocycles. The maximum absolute atomic E-state index is 13.6. The highest BCUT2D eigenvalue weighted by molar-refractivity contribution is 5.26. The van der Waals surface area contributed by atoms with Crippen LogP contribution in [0, 0.1) is 23.7 Å². The average molecular weight is 170 g/mol. The van der Waals surface area contributed by atoms with Crippen LogP contribution < -0.4 is 0 Å². The van der Waals surface area contributed by atoms with Gasteiger partial charge < -0.3 is 0 Å². The van der Waals surface area contributed by atoms with Gasteiger partial charge in [-0.1, -0.05) is 12.2 Å².